The third kappa shape index (κ3) is 8.21. The Hall–Kier alpha value is -1.63. The highest BCUT2D eigenvalue weighted by atomic mass is 16.2. The molecule has 0 bridgehead atoms. The van der Waals surface area contributed by atoms with Crippen LogP contribution in [0.2, 0.25) is 0 Å². The molecule has 0 fully saturated rings. The van der Waals surface area contributed by atoms with Crippen molar-refractivity contribution in [3.05, 3.63) is 0 Å². The van der Waals surface area contributed by atoms with E-state index in [1.54, 1.807) is 0 Å². The van der Waals surface area contributed by atoms with E-state index in [-0.39, 0.29) is 31.5 Å². The second-order valence-electron chi connectivity index (χ2n) is 4.04. The smallest absolute Gasteiger partial charge is 0.237 e. The molecule has 0 saturated carbocycles. The monoisotopic (exact) mass is 244 g/mol. The molecular weight excluding hydrogens is 224 g/mol. The van der Waals surface area contributed by atoms with E-state index in [1.165, 1.54) is 0 Å². The standard InChI is InChI=1S/C10H20N4O3/c1-7(2)13-4-3-10(17)14(5-8(11)15)6-9(12)16/h7,13H,3-6H2,1-2H3,(H2,11,15)(H2,12,16). The van der Waals surface area contributed by atoms with Crippen LogP contribution in [0.4, 0.5) is 0 Å². The van der Waals surface area contributed by atoms with Crippen molar-refractivity contribution in [2.24, 2.45) is 11.5 Å². The zero-order valence-corrected chi connectivity index (χ0v) is 10.2. The Morgan fingerprint density at radius 1 is 1.12 bits per heavy atom. The molecule has 0 aliphatic rings. The molecule has 7 heteroatoms. The number of primary amides is 2. The third-order valence-electron chi connectivity index (χ3n) is 1.94. The van der Waals surface area contributed by atoms with Crippen LogP contribution in [0.25, 0.3) is 0 Å². The highest BCUT2D eigenvalue weighted by Crippen LogP contribution is 1.94. The Morgan fingerprint density at radius 3 is 1.94 bits per heavy atom. The lowest BCUT2D eigenvalue weighted by atomic mass is 10.3. The summed E-state index contributed by atoms with van der Waals surface area (Å²) in [5.41, 5.74) is 9.97. The van der Waals surface area contributed by atoms with Crippen LogP contribution >= 0.6 is 0 Å². The fraction of sp³-hybridized carbons (Fsp3) is 0.700. The maximum atomic E-state index is 11.7. The van der Waals surface area contributed by atoms with E-state index in [9.17, 15) is 14.4 Å². The van der Waals surface area contributed by atoms with Crippen LogP contribution in [0.5, 0.6) is 0 Å². The highest BCUT2D eigenvalue weighted by Gasteiger charge is 2.17. The maximum absolute atomic E-state index is 11.7. The van der Waals surface area contributed by atoms with Gasteiger partial charge in [0.15, 0.2) is 0 Å². The maximum Gasteiger partial charge on any atom is 0.237 e. The van der Waals surface area contributed by atoms with Gasteiger partial charge in [-0.25, -0.2) is 0 Å². The Bertz CT molecular complexity index is 275. The Labute approximate surface area is 100 Å². The number of hydrogen-bond acceptors (Lipinski definition) is 4. The summed E-state index contributed by atoms with van der Waals surface area (Å²) in [4.78, 5) is 34.2. The van der Waals surface area contributed by atoms with Crippen LogP contribution in [0, 0.1) is 0 Å². The molecular formula is C10H20N4O3. The number of rotatable bonds is 8. The first-order valence-electron chi connectivity index (χ1n) is 5.40. The minimum atomic E-state index is -0.670. The molecule has 5 N–H and O–H groups in total. The Balaban J connectivity index is 4.22. The fourth-order valence-corrected chi connectivity index (χ4v) is 1.23. The van der Waals surface area contributed by atoms with Gasteiger partial charge in [0.25, 0.3) is 0 Å². The molecule has 0 rings (SSSR count). The zero-order valence-electron chi connectivity index (χ0n) is 10.2. The van der Waals surface area contributed by atoms with Crippen molar-refractivity contribution in [2.45, 2.75) is 26.3 Å². The van der Waals surface area contributed by atoms with E-state index in [0.717, 1.165) is 4.90 Å². The lowest BCUT2D eigenvalue weighted by Crippen LogP contribution is -2.44. The van der Waals surface area contributed by atoms with Gasteiger partial charge in [0.2, 0.25) is 17.7 Å². The van der Waals surface area contributed by atoms with Gasteiger partial charge in [0.05, 0.1) is 13.1 Å². The van der Waals surface area contributed by atoms with Gasteiger partial charge in [-0.2, -0.15) is 0 Å². The quantitative estimate of drug-likeness (QED) is 0.465. The molecule has 0 heterocycles. The number of amides is 3. The Morgan fingerprint density at radius 2 is 1.59 bits per heavy atom. The summed E-state index contributed by atoms with van der Waals surface area (Å²) in [6.45, 7) is 3.81. The van der Waals surface area contributed by atoms with Crippen molar-refractivity contribution < 1.29 is 14.4 Å². The fourth-order valence-electron chi connectivity index (χ4n) is 1.23. The van der Waals surface area contributed by atoms with Crippen molar-refractivity contribution >= 4 is 17.7 Å². The van der Waals surface area contributed by atoms with Crippen LogP contribution in [-0.2, 0) is 14.4 Å². The molecule has 0 radical (unpaired) electrons. The van der Waals surface area contributed by atoms with E-state index in [4.69, 9.17) is 11.5 Å². The molecule has 17 heavy (non-hydrogen) atoms. The van der Waals surface area contributed by atoms with E-state index >= 15 is 0 Å². The van der Waals surface area contributed by atoms with E-state index < -0.39 is 11.8 Å². The number of carbonyl (C=O) groups is 3. The van der Waals surface area contributed by atoms with Crippen LogP contribution in [0.1, 0.15) is 20.3 Å². The summed E-state index contributed by atoms with van der Waals surface area (Å²) in [6, 6.07) is 0.267. The molecule has 0 aliphatic heterocycles. The molecule has 98 valence electrons. The molecule has 0 aromatic carbocycles. The number of nitrogens with one attached hydrogen (secondary N) is 1. The normalized spacial score (nSPS) is 10.3. The molecule has 3 amide bonds. The van der Waals surface area contributed by atoms with Crippen molar-refractivity contribution in [2.75, 3.05) is 19.6 Å². The van der Waals surface area contributed by atoms with Gasteiger partial charge in [-0.05, 0) is 0 Å². The summed E-state index contributed by atoms with van der Waals surface area (Å²) in [5.74, 6) is -1.66. The number of hydrogen-bond donors (Lipinski definition) is 3. The van der Waals surface area contributed by atoms with Gasteiger partial charge in [-0.1, -0.05) is 13.8 Å². The van der Waals surface area contributed by atoms with E-state index in [0.29, 0.717) is 6.54 Å². The van der Waals surface area contributed by atoms with Crippen molar-refractivity contribution in [1.29, 1.82) is 0 Å². The van der Waals surface area contributed by atoms with Crippen LogP contribution < -0.4 is 16.8 Å². The van der Waals surface area contributed by atoms with Gasteiger partial charge >= 0.3 is 0 Å². The molecule has 7 nitrogen and oxygen atoms in total. The topological polar surface area (TPSA) is 119 Å². The van der Waals surface area contributed by atoms with Gasteiger partial charge in [-0.15, -0.1) is 0 Å². The molecule has 0 aliphatic carbocycles. The summed E-state index contributed by atoms with van der Waals surface area (Å²) in [7, 11) is 0. The zero-order chi connectivity index (χ0) is 13.4. The Kier molecular flexibility index (Phi) is 6.88. The highest BCUT2D eigenvalue weighted by molar-refractivity contribution is 5.88. The van der Waals surface area contributed by atoms with Crippen LogP contribution in [-0.4, -0.2) is 48.3 Å². The summed E-state index contributed by atoms with van der Waals surface area (Å²) in [6.07, 6.45) is 0.193. The second kappa shape index (κ2) is 7.61. The summed E-state index contributed by atoms with van der Waals surface area (Å²) < 4.78 is 0. The third-order valence-corrected chi connectivity index (χ3v) is 1.94. The van der Waals surface area contributed by atoms with Crippen molar-refractivity contribution in [1.82, 2.24) is 10.2 Å². The molecule has 0 aromatic rings. The lowest BCUT2D eigenvalue weighted by molar-refractivity contribution is -0.138. The predicted molar refractivity (Wildman–Crippen MR) is 62.7 cm³/mol. The average Bonchev–Trinajstić information content (AvgIpc) is 2.14. The SMILES string of the molecule is CC(C)NCCC(=O)N(CC(N)=O)CC(N)=O. The summed E-state index contributed by atoms with van der Waals surface area (Å²) in [5, 5.41) is 3.06. The number of nitrogens with two attached hydrogens (primary N) is 2. The van der Waals surface area contributed by atoms with E-state index in [2.05, 4.69) is 5.32 Å². The molecule has 0 unspecified atom stereocenters. The largest absolute Gasteiger partial charge is 0.368 e. The molecule has 0 spiro atoms. The lowest BCUT2D eigenvalue weighted by Gasteiger charge is -2.19. The first-order chi connectivity index (χ1) is 7.82. The van der Waals surface area contributed by atoms with Gasteiger partial charge < -0.3 is 21.7 Å². The number of nitrogens with zero attached hydrogens (tertiary/aromatic N) is 1. The van der Waals surface area contributed by atoms with Gasteiger partial charge in [0, 0.05) is 19.0 Å². The molecule has 0 atom stereocenters. The minimum absolute atomic E-state index is 0.193. The molecule has 0 aromatic heterocycles. The van der Waals surface area contributed by atoms with Gasteiger partial charge in [-0.3, -0.25) is 14.4 Å². The summed E-state index contributed by atoms with van der Waals surface area (Å²) >= 11 is 0. The first kappa shape index (κ1) is 15.4. The minimum Gasteiger partial charge on any atom is -0.368 e. The van der Waals surface area contributed by atoms with Gasteiger partial charge in [0.1, 0.15) is 0 Å². The van der Waals surface area contributed by atoms with Crippen molar-refractivity contribution in [3.63, 3.8) is 0 Å². The van der Waals surface area contributed by atoms with Crippen molar-refractivity contribution in [3.8, 4) is 0 Å². The van der Waals surface area contributed by atoms with E-state index in [1.807, 2.05) is 13.8 Å². The molecule has 0 saturated heterocycles. The number of carbonyl (C=O) groups excluding carboxylic acids is 3. The predicted octanol–water partition coefficient (Wildman–Crippen LogP) is -1.83. The second-order valence-corrected chi connectivity index (χ2v) is 4.04. The first-order valence-corrected chi connectivity index (χ1v) is 5.40. The average molecular weight is 244 g/mol. The van der Waals surface area contributed by atoms with Crippen LogP contribution in [0.3, 0.4) is 0 Å². The van der Waals surface area contributed by atoms with Crippen LogP contribution in [0.15, 0.2) is 0 Å².